The van der Waals surface area contributed by atoms with Gasteiger partial charge in [0.05, 0.1) is 5.88 Å². The van der Waals surface area contributed by atoms with Crippen LogP contribution in [0.5, 0.6) is 0 Å². The molecule has 0 spiro atoms. The van der Waals surface area contributed by atoms with Gasteiger partial charge in [0.25, 0.3) is 0 Å². The molecule has 0 unspecified atom stereocenters. The van der Waals surface area contributed by atoms with Gasteiger partial charge >= 0.3 is 0 Å². The Balaban J connectivity index is 2.03. The van der Waals surface area contributed by atoms with Crippen LogP contribution in [-0.2, 0) is 12.3 Å². The zero-order valence-corrected chi connectivity index (χ0v) is 12.4. The van der Waals surface area contributed by atoms with Crippen LogP contribution in [0.2, 0.25) is 0 Å². The third-order valence-corrected chi connectivity index (χ3v) is 4.10. The van der Waals surface area contributed by atoms with E-state index in [1.165, 1.54) is 17.7 Å². The minimum Gasteiger partial charge on any atom is -0.310 e. The van der Waals surface area contributed by atoms with Crippen LogP contribution >= 0.6 is 11.6 Å². The zero-order valence-electron chi connectivity index (χ0n) is 11.6. The van der Waals surface area contributed by atoms with Crippen molar-refractivity contribution in [1.82, 2.24) is 9.97 Å². The van der Waals surface area contributed by atoms with Gasteiger partial charge in [-0.1, -0.05) is 18.2 Å². The molecule has 1 aromatic carbocycles. The second-order valence-electron chi connectivity index (χ2n) is 5.15. The lowest BCUT2D eigenvalue weighted by Gasteiger charge is -2.23. The van der Waals surface area contributed by atoms with Gasteiger partial charge < -0.3 is 4.90 Å². The first-order chi connectivity index (χ1) is 9.79. The van der Waals surface area contributed by atoms with Gasteiger partial charge in [-0.2, -0.15) is 0 Å². The molecule has 0 amide bonds. The number of rotatable bonds is 2. The fourth-order valence-electron chi connectivity index (χ4n) is 2.64. The number of hydrogen-bond acceptors (Lipinski definition) is 3. The molecule has 0 radical (unpaired) electrons. The van der Waals surface area contributed by atoms with Crippen LogP contribution in [0.3, 0.4) is 0 Å². The first-order valence-corrected chi connectivity index (χ1v) is 7.57. The van der Waals surface area contributed by atoms with Crippen LogP contribution < -0.4 is 4.90 Å². The summed E-state index contributed by atoms with van der Waals surface area (Å²) in [4.78, 5) is 11.4. The smallest absolute Gasteiger partial charge is 0.230 e. The molecule has 2 aromatic rings. The molecule has 1 aromatic heterocycles. The molecule has 4 heteroatoms. The maximum absolute atomic E-state index is 5.88. The van der Waals surface area contributed by atoms with Crippen LogP contribution in [0.4, 0.5) is 11.6 Å². The predicted octanol–water partition coefficient (Wildman–Crippen LogP) is 4.00. The number of halogens is 1. The second-order valence-corrected chi connectivity index (χ2v) is 5.42. The van der Waals surface area contributed by atoms with E-state index < -0.39 is 0 Å². The normalized spacial score (nSPS) is 14.8. The van der Waals surface area contributed by atoms with E-state index in [9.17, 15) is 0 Å². The molecule has 1 aliphatic rings. The number of aryl methyl sites for hydroxylation is 2. The second kappa shape index (κ2) is 5.80. The van der Waals surface area contributed by atoms with E-state index in [-0.39, 0.29) is 0 Å². The van der Waals surface area contributed by atoms with Crippen LogP contribution in [0.15, 0.2) is 30.5 Å². The van der Waals surface area contributed by atoms with Crippen LogP contribution in [0, 0.1) is 6.92 Å². The number of para-hydroxylation sites is 1. The van der Waals surface area contributed by atoms with E-state index >= 15 is 0 Å². The third-order valence-electron chi connectivity index (χ3n) is 3.81. The Kier molecular flexibility index (Phi) is 3.88. The molecule has 20 heavy (non-hydrogen) atoms. The monoisotopic (exact) mass is 287 g/mol. The highest BCUT2D eigenvalue weighted by atomic mass is 35.5. The molecule has 0 saturated carbocycles. The largest absolute Gasteiger partial charge is 0.310 e. The fraction of sp³-hybridized carbons (Fsp3) is 0.375. The molecule has 0 bridgehead atoms. The maximum Gasteiger partial charge on any atom is 0.230 e. The SMILES string of the molecule is Cc1nc(N2CCCCc3ccccc32)ncc1CCl. The standard InChI is InChI=1S/C16H18ClN3/c1-12-14(10-17)11-18-16(19-12)20-9-5-4-7-13-6-2-3-8-15(13)20/h2-3,6,8,11H,4-5,7,9-10H2,1H3. The Labute approximate surface area is 124 Å². The summed E-state index contributed by atoms with van der Waals surface area (Å²) in [6.45, 7) is 2.96. The molecule has 1 aliphatic heterocycles. The summed E-state index contributed by atoms with van der Waals surface area (Å²) < 4.78 is 0. The lowest BCUT2D eigenvalue weighted by Crippen LogP contribution is -2.21. The van der Waals surface area contributed by atoms with Crippen LogP contribution in [0.25, 0.3) is 0 Å². The molecule has 0 fully saturated rings. The zero-order chi connectivity index (χ0) is 13.9. The number of benzene rings is 1. The Morgan fingerprint density at radius 2 is 2.10 bits per heavy atom. The summed E-state index contributed by atoms with van der Waals surface area (Å²) in [6, 6.07) is 8.55. The molecule has 3 nitrogen and oxygen atoms in total. The molecule has 0 saturated heterocycles. The van der Waals surface area contributed by atoms with Crippen molar-refractivity contribution < 1.29 is 0 Å². The molecular weight excluding hydrogens is 270 g/mol. The van der Waals surface area contributed by atoms with Gasteiger partial charge in [-0.15, -0.1) is 11.6 Å². The molecular formula is C16H18ClN3. The average molecular weight is 288 g/mol. The third kappa shape index (κ3) is 2.50. The lowest BCUT2D eigenvalue weighted by atomic mass is 10.1. The molecule has 0 atom stereocenters. The minimum absolute atomic E-state index is 0.461. The van der Waals surface area contributed by atoms with Crippen molar-refractivity contribution >= 4 is 23.2 Å². The molecule has 3 rings (SSSR count). The van der Waals surface area contributed by atoms with Crippen LogP contribution in [0.1, 0.15) is 29.7 Å². The van der Waals surface area contributed by atoms with E-state index in [2.05, 4.69) is 39.1 Å². The quantitative estimate of drug-likeness (QED) is 0.782. The van der Waals surface area contributed by atoms with E-state index in [1.807, 2.05) is 13.1 Å². The Hall–Kier alpha value is -1.61. The lowest BCUT2D eigenvalue weighted by molar-refractivity contribution is 0.751. The van der Waals surface area contributed by atoms with Crippen molar-refractivity contribution in [2.45, 2.75) is 32.1 Å². The van der Waals surface area contributed by atoms with Gasteiger partial charge in [-0.05, 0) is 37.8 Å². The highest BCUT2D eigenvalue weighted by molar-refractivity contribution is 6.17. The van der Waals surface area contributed by atoms with Crippen molar-refractivity contribution in [2.24, 2.45) is 0 Å². The van der Waals surface area contributed by atoms with E-state index in [4.69, 9.17) is 11.6 Å². The topological polar surface area (TPSA) is 29.0 Å². The number of aromatic nitrogens is 2. The highest BCUT2D eigenvalue weighted by Crippen LogP contribution is 2.30. The van der Waals surface area contributed by atoms with Gasteiger partial charge in [0.15, 0.2) is 0 Å². The number of hydrogen-bond donors (Lipinski definition) is 0. The van der Waals surface area contributed by atoms with Gasteiger partial charge in [0, 0.05) is 29.7 Å². The predicted molar refractivity (Wildman–Crippen MR) is 82.7 cm³/mol. The number of anilines is 2. The fourth-order valence-corrected chi connectivity index (χ4v) is 2.90. The Morgan fingerprint density at radius 3 is 2.90 bits per heavy atom. The summed E-state index contributed by atoms with van der Waals surface area (Å²) in [6.07, 6.45) is 5.35. The molecule has 104 valence electrons. The highest BCUT2D eigenvalue weighted by Gasteiger charge is 2.18. The number of nitrogens with zero attached hydrogens (tertiary/aromatic N) is 3. The Morgan fingerprint density at radius 1 is 1.25 bits per heavy atom. The van der Waals surface area contributed by atoms with Crippen LogP contribution in [-0.4, -0.2) is 16.5 Å². The molecule has 0 aliphatic carbocycles. The van der Waals surface area contributed by atoms with Crippen molar-refractivity contribution in [3.63, 3.8) is 0 Å². The van der Waals surface area contributed by atoms with Crippen molar-refractivity contribution in [2.75, 3.05) is 11.4 Å². The number of alkyl halides is 1. The summed E-state index contributed by atoms with van der Waals surface area (Å²) in [5.41, 5.74) is 4.58. The first-order valence-electron chi connectivity index (χ1n) is 7.03. The summed E-state index contributed by atoms with van der Waals surface area (Å²) in [7, 11) is 0. The minimum atomic E-state index is 0.461. The van der Waals surface area contributed by atoms with E-state index in [1.54, 1.807) is 0 Å². The van der Waals surface area contributed by atoms with Gasteiger partial charge in [0.2, 0.25) is 5.95 Å². The van der Waals surface area contributed by atoms with Gasteiger partial charge in [0.1, 0.15) is 0 Å². The summed E-state index contributed by atoms with van der Waals surface area (Å²) >= 11 is 5.88. The maximum atomic E-state index is 5.88. The van der Waals surface area contributed by atoms with E-state index in [0.29, 0.717) is 5.88 Å². The van der Waals surface area contributed by atoms with Crippen molar-refractivity contribution in [1.29, 1.82) is 0 Å². The van der Waals surface area contributed by atoms with Gasteiger partial charge in [-0.3, -0.25) is 0 Å². The van der Waals surface area contributed by atoms with Crippen molar-refractivity contribution in [3.05, 3.63) is 47.3 Å². The summed E-state index contributed by atoms with van der Waals surface area (Å²) in [5, 5.41) is 0. The van der Waals surface area contributed by atoms with E-state index in [0.717, 1.165) is 36.6 Å². The first kappa shape index (κ1) is 13.4. The molecule has 2 heterocycles. The summed E-state index contributed by atoms with van der Waals surface area (Å²) in [5.74, 6) is 1.24. The molecule has 0 N–H and O–H groups in total. The van der Waals surface area contributed by atoms with Gasteiger partial charge in [-0.25, -0.2) is 9.97 Å². The van der Waals surface area contributed by atoms with Crippen molar-refractivity contribution in [3.8, 4) is 0 Å². The average Bonchev–Trinajstić information content (AvgIpc) is 2.69. The number of fused-ring (bicyclic) bond motifs is 1. The Bertz CT molecular complexity index is 612.